The van der Waals surface area contributed by atoms with Crippen molar-refractivity contribution in [1.29, 1.82) is 0 Å². The molecule has 3 aromatic rings. The monoisotopic (exact) mass is 578 g/mol. The van der Waals surface area contributed by atoms with Crippen LogP contribution in [0, 0.1) is 0 Å². The molecule has 6 bridgehead atoms. The molecule has 0 saturated carbocycles. The number of phenolic OH excluding ortho intramolecular Hbond substituents is 3. The minimum Gasteiger partial charge on any atom is -0.507 e. The van der Waals surface area contributed by atoms with Gasteiger partial charge in [-0.25, -0.2) is 0 Å². The van der Waals surface area contributed by atoms with Crippen LogP contribution in [-0.4, -0.2) is 22.1 Å². The topological polar surface area (TPSA) is 97.6 Å². The highest BCUT2D eigenvalue weighted by molar-refractivity contribution is 5.47. The predicted molar refractivity (Wildman–Crippen MR) is 163 cm³/mol. The first-order chi connectivity index (χ1) is 19.8. The molecule has 0 amide bonds. The number of rotatable bonds is 1. The smallest absolute Gasteiger partial charge is 0.147 e. The number of aryl methyl sites for hydroxylation is 1. The van der Waals surface area contributed by atoms with Crippen molar-refractivity contribution < 1.29 is 34.3 Å². The summed E-state index contributed by atoms with van der Waals surface area (Å²) in [6.45, 7) is 15.7. The van der Waals surface area contributed by atoms with Crippen molar-refractivity contribution in [2.24, 2.45) is 0 Å². The minimum atomic E-state index is -0.155. The zero-order valence-corrected chi connectivity index (χ0v) is 26.1. The van der Waals surface area contributed by atoms with Gasteiger partial charge in [-0.3, -0.25) is 0 Å². The summed E-state index contributed by atoms with van der Waals surface area (Å²) in [7, 11) is 0. The van der Waals surface area contributed by atoms with Crippen LogP contribution >= 0.6 is 0 Å². The molecule has 0 saturated heterocycles. The standard InChI is InChI=1S/C35H46O7/c1-8-22-9-23-15-39-17-25-11-29(34(2,3)4)13-27(32(25)37)19-41-21-42-20-28-14-30(35(5,6)7)12-26(33(28)38)18-40-16-24(10-22)31(23)36/h9-14,36-38H,8,15-21H2,1-7H3. The van der Waals surface area contributed by atoms with Gasteiger partial charge in [0.1, 0.15) is 24.0 Å². The molecule has 4 rings (SSSR count). The van der Waals surface area contributed by atoms with Crippen LogP contribution in [0.4, 0.5) is 0 Å². The highest BCUT2D eigenvalue weighted by atomic mass is 16.7. The van der Waals surface area contributed by atoms with Crippen molar-refractivity contribution in [2.45, 2.75) is 105 Å². The third-order valence-corrected chi connectivity index (χ3v) is 7.72. The Hall–Kier alpha value is -3.10. The zero-order valence-electron chi connectivity index (χ0n) is 26.1. The highest BCUT2D eigenvalue weighted by Gasteiger charge is 2.21. The number of hydrogen-bond donors (Lipinski definition) is 3. The van der Waals surface area contributed by atoms with Gasteiger partial charge in [0.25, 0.3) is 0 Å². The third-order valence-electron chi connectivity index (χ3n) is 7.72. The van der Waals surface area contributed by atoms with Crippen LogP contribution in [0.5, 0.6) is 17.2 Å². The molecule has 0 spiro atoms. The van der Waals surface area contributed by atoms with E-state index in [4.69, 9.17) is 18.9 Å². The normalized spacial score (nSPS) is 15.8. The molecule has 1 heterocycles. The van der Waals surface area contributed by atoms with Crippen molar-refractivity contribution in [1.82, 2.24) is 0 Å². The molecule has 0 aliphatic carbocycles. The average molecular weight is 579 g/mol. The average Bonchev–Trinajstić information content (AvgIpc) is 2.91. The van der Waals surface area contributed by atoms with E-state index in [0.717, 1.165) is 23.1 Å². The predicted octanol–water partition coefficient (Wildman–Crippen LogP) is 7.40. The van der Waals surface area contributed by atoms with Crippen LogP contribution < -0.4 is 0 Å². The Morgan fingerprint density at radius 2 is 0.786 bits per heavy atom. The summed E-state index contributed by atoms with van der Waals surface area (Å²) in [5.41, 5.74) is 6.77. The van der Waals surface area contributed by atoms with Crippen LogP contribution in [0.3, 0.4) is 0 Å². The summed E-state index contributed by atoms with van der Waals surface area (Å²) in [5.74, 6) is 0.376. The fourth-order valence-electron chi connectivity index (χ4n) is 4.99. The van der Waals surface area contributed by atoms with Crippen LogP contribution in [0.2, 0.25) is 0 Å². The van der Waals surface area contributed by atoms with Gasteiger partial charge in [0, 0.05) is 33.4 Å². The molecular weight excluding hydrogens is 532 g/mol. The first-order valence-electron chi connectivity index (χ1n) is 14.6. The summed E-state index contributed by atoms with van der Waals surface area (Å²) in [6, 6.07) is 11.7. The van der Waals surface area contributed by atoms with E-state index in [9.17, 15) is 15.3 Å². The quantitative estimate of drug-likeness (QED) is 0.277. The van der Waals surface area contributed by atoms with E-state index in [0.29, 0.717) is 33.4 Å². The van der Waals surface area contributed by atoms with E-state index < -0.39 is 0 Å². The maximum atomic E-state index is 11.1. The fourth-order valence-corrected chi connectivity index (χ4v) is 4.99. The highest BCUT2D eigenvalue weighted by Crippen LogP contribution is 2.35. The zero-order chi connectivity index (χ0) is 30.7. The maximum absolute atomic E-state index is 11.1. The molecule has 3 aromatic carbocycles. The Morgan fingerprint density at radius 1 is 0.500 bits per heavy atom. The number of benzene rings is 3. The van der Waals surface area contributed by atoms with Gasteiger partial charge in [-0.15, -0.1) is 0 Å². The molecule has 1 aliphatic rings. The van der Waals surface area contributed by atoms with Crippen molar-refractivity contribution in [2.75, 3.05) is 6.79 Å². The van der Waals surface area contributed by atoms with E-state index >= 15 is 0 Å². The summed E-state index contributed by atoms with van der Waals surface area (Å²) < 4.78 is 23.7. The summed E-state index contributed by atoms with van der Waals surface area (Å²) in [5, 5.41) is 33.3. The lowest BCUT2D eigenvalue weighted by molar-refractivity contribution is -0.0697. The molecule has 0 radical (unpaired) electrons. The Kier molecular flexibility index (Phi) is 9.88. The largest absolute Gasteiger partial charge is 0.507 e. The third kappa shape index (κ3) is 7.64. The van der Waals surface area contributed by atoms with Crippen LogP contribution in [0.15, 0.2) is 36.4 Å². The van der Waals surface area contributed by atoms with Crippen molar-refractivity contribution >= 4 is 0 Å². The first-order valence-corrected chi connectivity index (χ1v) is 14.6. The summed E-state index contributed by atoms with van der Waals surface area (Å²) in [4.78, 5) is 0. The van der Waals surface area contributed by atoms with Gasteiger partial charge in [0.15, 0.2) is 0 Å². The molecule has 228 valence electrons. The summed E-state index contributed by atoms with van der Waals surface area (Å²) in [6.07, 6.45) is 0.788. The maximum Gasteiger partial charge on any atom is 0.147 e. The van der Waals surface area contributed by atoms with Crippen molar-refractivity contribution in [3.8, 4) is 17.2 Å². The number of ether oxygens (including phenoxy) is 4. The van der Waals surface area contributed by atoms with Gasteiger partial charge in [-0.2, -0.15) is 0 Å². The molecule has 7 nitrogen and oxygen atoms in total. The van der Waals surface area contributed by atoms with Gasteiger partial charge in [-0.05, 0) is 70.3 Å². The summed E-state index contributed by atoms with van der Waals surface area (Å²) >= 11 is 0. The Morgan fingerprint density at radius 3 is 1.07 bits per heavy atom. The Balaban J connectivity index is 1.72. The number of aromatic hydroxyl groups is 3. The molecule has 0 atom stereocenters. The second-order valence-corrected chi connectivity index (χ2v) is 13.2. The molecule has 3 N–H and O–H groups in total. The van der Waals surface area contributed by atoms with Crippen molar-refractivity contribution in [3.63, 3.8) is 0 Å². The second-order valence-electron chi connectivity index (χ2n) is 13.2. The lowest BCUT2D eigenvalue weighted by Crippen LogP contribution is -2.14. The number of phenols is 3. The van der Waals surface area contributed by atoms with Gasteiger partial charge < -0.3 is 34.3 Å². The molecule has 0 unspecified atom stereocenters. The fraction of sp³-hybridized carbons (Fsp3) is 0.486. The van der Waals surface area contributed by atoms with Gasteiger partial charge in [0.05, 0.1) is 39.6 Å². The van der Waals surface area contributed by atoms with Crippen LogP contribution in [0.25, 0.3) is 0 Å². The Bertz CT molecular complexity index is 1300. The lowest BCUT2D eigenvalue weighted by atomic mass is 9.85. The molecule has 1 aliphatic heterocycles. The van der Waals surface area contributed by atoms with Gasteiger partial charge >= 0.3 is 0 Å². The van der Waals surface area contributed by atoms with E-state index in [1.807, 2.05) is 36.4 Å². The first kappa shape index (κ1) is 31.8. The van der Waals surface area contributed by atoms with Crippen LogP contribution in [-0.2, 0) is 75.8 Å². The van der Waals surface area contributed by atoms with E-state index in [2.05, 4.69) is 48.5 Å². The SMILES string of the molecule is CCc1cc2c(O)c(c1)COCc1cc(C(C)(C)C)cc(c1O)COCOCc1cc(C(C)(C)C)cc(c1O)COC2. The molecule has 0 aromatic heterocycles. The second kappa shape index (κ2) is 13.0. The van der Waals surface area contributed by atoms with E-state index in [1.54, 1.807) is 0 Å². The molecule has 42 heavy (non-hydrogen) atoms. The van der Waals surface area contributed by atoms with Crippen LogP contribution in [0.1, 0.15) is 98.5 Å². The minimum absolute atomic E-state index is 0.0102. The number of fused-ring (bicyclic) bond motifs is 6. The van der Waals surface area contributed by atoms with Gasteiger partial charge in [-0.1, -0.05) is 48.5 Å². The molecule has 7 heteroatoms. The molecule has 0 fully saturated rings. The lowest BCUT2D eigenvalue weighted by Gasteiger charge is -2.23. The van der Waals surface area contributed by atoms with Crippen molar-refractivity contribution in [3.05, 3.63) is 86.5 Å². The molecular formula is C35H46O7. The van der Waals surface area contributed by atoms with E-state index in [-0.39, 0.29) is 74.5 Å². The van der Waals surface area contributed by atoms with E-state index in [1.165, 1.54) is 0 Å². The van der Waals surface area contributed by atoms with Gasteiger partial charge in [0.2, 0.25) is 0 Å². The Labute approximate surface area is 250 Å². The number of hydrogen-bond acceptors (Lipinski definition) is 7.